The van der Waals surface area contributed by atoms with E-state index >= 15 is 0 Å². The fraction of sp³-hybridized carbons (Fsp3) is 0.750. The van der Waals surface area contributed by atoms with Gasteiger partial charge >= 0.3 is 6.03 Å². The Balaban J connectivity index is 1.86. The minimum atomic E-state index is -0.808. The van der Waals surface area contributed by atoms with Crippen LogP contribution in [0, 0.1) is 37.5 Å². The van der Waals surface area contributed by atoms with Gasteiger partial charge in [0.05, 0.1) is 10.9 Å². The third-order valence-electron chi connectivity index (χ3n) is 6.52. The van der Waals surface area contributed by atoms with Gasteiger partial charge in [-0.3, -0.25) is 10.1 Å². The molecule has 0 aliphatic heterocycles. The van der Waals surface area contributed by atoms with Crippen LogP contribution in [0.15, 0.2) is 5.16 Å². The van der Waals surface area contributed by atoms with E-state index in [1.807, 2.05) is 20.8 Å². The Morgan fingerprint density at radius 2 is 1.93 bits per heavy atom. The lowest BCUT2D eigenvalue weighted by Gasteiger charge is -2.31. The van der Waals surface area contributed by atoms with Crippen molar-refractivity contribution in [2.45, 2.75) is 76.8 Å². The standard InChI is InChI=1S/C20H32N4O2S/c1-10(2)17(18(25)23-19(21)26)27-20-22-11(3)12(4)24(20)13(5)16-9-14-6-7-15(16)8-14/h10,13-17H,6-9H2,1-5H3,(H3,21,23,25,26)/t13-,14+,15+,16-,17+/m1/s1. The number of imide groups is 1. The Labute approximate surface area is 166 Å². The van der Waals surface area contributed by atoms with Crippen LogP contribution in [0.3, 0.4) is 0 Å². The SMILES string of the molecule is Cc1nc(S[C@H](C(=O)NC(N)=O)C(C)C)n([C@H](C)[C@H]2C[C@H]3CC[C@H]2C3)c1C. The van der Waals surface area contributed by atoms with Crippen molar-refractivity contribution >= 4 is 23.7 Å². The first-order valence-electron chi connectivity index (χ1n) is 10.0. The predicted molar refractivity (Wildman–Crippen MR) is 108 cm³/mol. The molecule has 1 aromatic rings. The molecule has 2 saturated carbocycles. The molecular weight excluding hydrogens is 360 g/mol. The first-order valence-corrected chi connectivity index (χ1v) is 10.9. The summed E-state index contributed by atoms with van der Waals surface area (Å²) in [4.78, 5) is 28.4. The number of nitrogens with one attached hydrogen (secondary N) is 1. The van der Waals surface area contributed by atoms with Gasteiger partial charge in [0.15, 0.2) is 5.16 Å². The average Bonchev–Trinajstić information content (AvgIpc) is 3.27. The van der Waals surface area contributed by atoms with E-state index in [-0.39, 0.29) is 11.8 Å². The van der Waals surface area contributed by atoms with E-state index < -0.39 is 11.3 Å². The van der Waals surface area contributed by atoms with E-state index in [0.29, 0.717) is 12.0 Å². The van der Waals surface area contributed by atoms with Crippen molar-refractivity contribution in [3.05, 3.63) is 11.4 Å². The average molecular weight is 393 g/mol. The third-order valence-corrected chi connectivity index (χ3v) is 8.03. The second-order valence-electron chi connectivity index (χ2n) is 8.65. The molecule has 0 aromatic carbocycles. The van der Waals surface area contributed by atoms with Crippen molar-refractivity contribution in [1.82, 2.24) is 14.9 Å². The van der Waals surface area contributed by atoms with Crippen LogP contribution in [-0.4, -0.2) is 26.7 Å². The number of thioether (sulfide) groups is 1. The van der Waals surface area contributed by atoms with E-state index in [2.05, 4.69) is 23.7 Å². The maximum atomic E-state index is 12.5. The summed E-state index contributed by atoms with van der Waals surface area (Å²) in [6, 6.07) is -0.437. The summed E-state index contributed by atoms with van der Waals surface area (Å²) in [6.45, 7) is 10.4. The molecule has 0 unspecified atom stereocenters. The highest BCUT2D eigenvalue weighted by Crippen LogP contribution is 2.52. The van der Waals surface area contributed by atoms with Gasteiger partial charge in [-0.1, -0.05) is 32.0 Å². The van der Waals surface area contributed by atoms with Gasteiger partial charge in [-0.05, 0) is 63.7 Å². The van der Waals surface area contributed by atoms with Crippen molar-refractivity contribution < 1.29 is 9.59 Å². The molecule has 2 aliphatic rings. The molecule has 0 radical (unpaired) electrons. The highest BCUT2D eigenvalue weighted by atomic mass is 32.2. The number of nitrogens with two attached hydrogens (primary N) is 1. The zero-order valence-corrected chi connectivity index (χ0v) is 17.8. The number of primary amides is 1. The van der Waals surface area contributed by atoms with Crippen LogP contribution >= 0.6 is 11.8 Å². The lowest BCUT2D eigenvalue weighted by atomic mass is 9.84. The zero-order valence-electron chi connectivity index (χ0n) is 17.0. The molecule has 27 heavy (non-hydrogen) atoms. The van der Waals surface area contributed by atoms with Gasteiger partial charge in [0.1, 0.15) is 0 Å². The fourth-order valence-electron chi connectivity index (χ4n) is 5.03. The van der Waals surface area contributed by atoms with Crippen LogP contribution in [0.4, 0.5) is 4.79 Å². The summed E-state index contributed by atoms with van der Waals surface area (Å²) in [5.74, 6) is 2.11. The molecule has 2 bridgehead atoms. The third kappa shape index (κ3) is 4.03. The van der Waals surface area contributed by atoms with Gasteiger partial charge < -0.3 is 10.3 Å². The van der Waals surface area contributed by atoms with Gasteiger partial charge in [-0.25, -0.2) is 9.78 Å². The molecular formula is C20H32N4O2S. The summed E-state index contributed by atoms with van der Waals surface area (Å²) in [7, 11) is 0. The Hall–Kier alpha value is -1.50. The first-order chi connectivity index (χ1) is 12.7. The fourth-order valence-corrected chi connectivity index (χ4v) is 6.31. The molecule has 3 amide bonds. The van der Waals surface area contributed by atoms with E-state index in [4.69, 9.17) is 10.7 Å². The smallest absolute Gasteiger partial charge is 0.318 e. The molecule has 1 heterocycles. The number of carbonyl (C=O) groups excluding carboxylic acids is 2. The van der Waals surface area contributed by atoms with Gasteiger partial charge in [0, 0.05) is 11.7 Å². The van der Waals surface area contributed by atoms with Crippen LogP contribution < -0.4 is 11.1 Å². The summed E-state index contributed by atoms with van der Waals surface area (Å²) < 4.78 is 2.33. The number of nitrogens with zero attached hydrogens (tertiary/aromatic N) is 2. The first kappa shape index (κ1) is 20.2. The number of amides is 3. The molecule has 1 aromatic heterocycles. The maximum absolute atomic E-state index is 12.5. The molecule has 2 aliphatic carbocycles. The number of hydrogen-bond donors (Lipinski definition) is 2. The Morgan fingerprint density at radius 1 is 1.22 bits per heavy atom. The van der Waals surface area contributed by atoms with Crippen molar-refractivity contribution in [3.8, 4) is 0 Å². The number of urea groups is 1. The van der Waals surface area contributed by atoms with Crippen molar-refractivity contribution in [2.24, 2.45) is 29.4 Å². The van der Waals surface area contributed by atoms with E-state index in [9.17, 15) is 9.59 Å². The number of aryl methyl sites for hydroxylation is 1. The number of carbonyl (C=O) groups is 2. The number of aromatic nitrogens is 2. The monoisotopic (exact) mass is 392 g/mol. The second kappa shape index (κ2) is 7.86. The van der Waals surface area contributed by atoms with Crippen molar-refractivity contribution in [3.63, 3.8) is 0 Å². The summed E-state index contributed by atoms with van der Waals surface area (Å²) in [6.07, 6.45) is 5.42. The van der Waals surface area contributed by atoms with Crippen molar-refractivity contribution in [2.75, 3.05) is 0 Å². The predicted octanol–water partition coefficient (Wildman–Crippen LogP) is 3.81. The summed E-state index contributed by atoms with van der Waals surface area (Å²) in [5, 5.41) is 2.70. The quantitative estimate of drug-likeness (QED) is 0.720. The van der Waals surface area contributed by atoms with Gasteiger partial charge in [0.25, 0.3) is 0 Å². The lowest BCUT2D eigenvalue weighted by Crippen LogP contribution is -2.42. The molecule has 7 heteroatoms. The van der Waals surface area contributed by atoms with Crippen molar-refractivity contribution in [1.29, 1.82) is 0 Å². The van der Waals surface area contributed by atoms with Crippen LogP contribution in [0.5, 0.6) is 0 Å². The highest BCUT2D eigenvalue weighted by Gasteiger charge is 2.43. The Morgan fingerprint density at radius 3 is 2.44 bits per heavy atom. The number of hydrogen-bond acceptors (Lipinski definition) is 4. The number of imidazole rings is 1. The molecule has 150 valence electrons. The topological polar surface area (TPSA) is 90.0 Å². The van der Waals surface area contributed by atoms with E-state index in [1.165, 1.54) is 43.1 Å². The molecule has 3 rings (SSSR count). The molecule has 6 nitrogen and oxygen atoms in total. The number of rotatable bonds is 6. The van der Waals surface area contributed by atoms with E-state index in [0.717, 1.165) is 22.7 Å². The summed E-state index contributed by atoms with van der Waals surface area (Å²) in [5.41, 5.74) is 7.32. The van der Waals surface area contributed by atoms with Crippen LogP contribution in [-0.2, 0) is 4.79 Å². The zero-order chi connectivity index (χ0) is 19.9. The highest BCUT2D eigenvalue weighted by molar-refractivity contribution is 8.00. The van der Waals surface area contributed by atoms with Crippen LogP contribution in [0.1, 0.15) is 63.9 Å². The lowest BCUT2D eigenvalue weighted by molar-refractivity contribution is -0.120. The largest absolute Gasteiger partial charge is 0.351 e. The van der Waals surface area contributed by atoms with Gasteiger partial charge in [-0.2, -0.15) is 0 Å². The van der Waals surface area contributed by atoms with Gasteiger partial charge in [0.2, 0.25) is 5.91 Å². The molecule has 0 saturated heterocycles. The number of fused-ring (bicyclic) bond motifs is 2. The van der Waals surface area contributed by atoms with E-state index in [1.54, 1.807) is 0 Å². The normalized spacial score (nSPS) is 26.4. The Bertz CT molecular complexity index is 730. The molecule has 3 N–H and O–H groups in total. The molecule has 5 atom stereocenters. The summed E-state index contributed by atoms with van der Waals surface area (Å²) >= 11 is 1.45. The maximum Gasteiger partial charge on any atom is 0.318 e. The molecule has 0 spiro atoms. The minimum Gasteiger partial charge on any atom is -0.351 e. The minimum absolute atomic E-state index is 0.0536. The van der Waals surface area contributed by atoms with Crippen LogP contribution in [0.2, 0.25) is 0 Å². The van der Waals surface area contributed by atoms with Gasteiger partial charge in [-0.15, -0.1) is 0 Å². The molecule has 2 fully saturated rings. The van der Waals surface area contributed by atoms with Crippen LogP contribution in [0.25, 0.3) is 0 Å². The Kier molecular flexibility index (Phi) is 5.89. The second-order valence-corrected chi connectivity index (χ2v) is 9.76.